The van der Waals surface area contributed by atoms with E-state index in [2.05, 4.69) is 10.3 Å². The summed E-state index contributed by atoms with van der Waals surface area (Å²) in [6, 6.07) is 13.2. The Kier molecular flexibility index (Phi) is 3.80. The summed E-state index contributed by atoms with van der Waals surface area (Å²) in [5.41, 5.74) is 1.76. The highest BCUT2D eigenvalue weighted by Gasteiger charge is 2.34. The first-order valence-electron chi connectivity index (χ1n) is 8.64. The number of hydrogen-bond acceptors (Lipinski definition) is 4. The van der Waals surface area contributed by atoms with Crippen molar-refractivity contribution in [2.75, 3.05) is 0 Å². The fourth-order valence-corrected chi connectivity index (χ4v) is 3.02. The van der Waals surface area contributed by atoms with Crippen LogP contribution >= 0.6 is 0 Å². The predicted molar refractivity (Wildman–Crippen MR) is 101 cm³/mol. The van der Waals surface area contributed by atoms with E-state index in [4.69, 9.17) is 4.74 Å². The van der Waals surface area contributed by atoms with Crippen LogP contribution in [0.4, 0.5) is 0 Å². The van der Waals surface area contributed by atoms with Gasteiger partial charge in [-0.2, -0.15) is 0 Å². The minimum absolute atomic E-state index is 0.0358. The first kappa shape index (κ1) is 16.4. The molecule has 5 heteroatoms. The molecule has 0 radical (unpaired) electrons. The van der Waals surface area contributed by atoms with Gasteiger partial charge in [-0.3, -0.25) is 9.36 Å². The van der Waals surface area contributed by atoms with E-state index >= 15 is 0 Å². The number of ketones is 1. The van der Waals surface area contributed by atoms with Gasteiger partial charge in [0.1, 0.15) is 11.4 Å². The number of hydrogen-bond donors (Lipinski definition) is 1. The fraction of sp³-hybridized carbons (Fsp3) is 0.238. The van der Waals surface area contributed by atoms with E-state index in [-0.39, 0.29) is 11.3 Å². The lowest BCUT2D eigenvalue weighted by Gasteiger charge is -2.30. The Morgan fingerprint density at radius 3 is 2.77 bits per heavy atom. The van der Waals surface area contributed by atoms with Crippen molar-refractivity contribution in [3.8, 4) is 5.75 Å². The van der Waals surface area contributed by atoms with Crippen molar-refractivity contribution in [1.82, 2.24) is 14.9 Å². The summed E-state index contributed by atoms with van der Waals surface area (Å²) in [5.74, 6) is 0.555. The normalized spacial score (nSPS) is 18.7. The third-order valence-electron chi connectivity index (χ3n) is 4.29. The maximum absolute atomic E-state index is 13.2. The van der Waals surface area contributed by atoms with E-state index in [9.17, 15) is 4.79 Å². The summed E-state index contributed by atoms with van der Waals surface area (Å²) in [5, 5.41) is 4.30. The number of aromatic nitrogens is 2. The quantitative estimate of drug-likeness (QED) is 0.710. The zero-order chi connectivity index (χ0) is 18.3. The molecular weight excluding hydrogens is 326 g/mol. The molecule has 0 aliphatic carbocycles. The van der Waals surface area contributed by atoms with Gasteiger partial charge in [0.05, 0.1) is 11.1 Å². The van der Waals surface area contributed by atoms with E-state index in [1.807, 2.05) is 67.9 Å². The van der Waals surface area contributed by atoms with Crippen LogP contribution in [0.15, 0.2) is 66.6 Å². The summed E-state index contributed by atoms with van der Waals surface area (Å²) in [4.78, 5) is 17.6. The van der Waals surface area contributed by atoms with Crippen LogP contribution in [0.5, 0.6) is 5.75 Å². The Morgan fingerprint density at radius 1 is 1.15 bits per heavy atom. The molecule has 1 aliphatic rings. The van der Waals surface area contributed by atoms with Gasteiger partial charge >= 0.3 is 0 Å². The van der Waals surface area contributed by atoms with Gasteiger partial charge in [-0.05, 0) is 51.1 Å². The van der Waals surface area contributed by atoms with Crippen molar-refractivity contribution in [1.29, 1.82) is 0 Å². The van der Waals surface area contributed by atoms with Gasteiger partial charge in [0.25, 0.3) is 0 Å². The van der Waals surface area contributed by atoms with Gasteiger partial charge in [-0.15, -0.1) is 0 Å². The number of carbonyl (C=O) groups excluding carboxylic acids is 1. The number of rotatable bonds is 2. The molecule has 0 spiro atoms. The zero-order valence-corrected chi connectivity index (χ0v) is 15.1. The van der Waals surface area contributed by atoms with Crippen LogP contribution in [0.3, 0.4) is 0 Å². The van der Waals surface area contributed by atoms with Crippen LogP contribution in [0.25, 0.3) is 11.0 Å². The van der Waals surface area contributed by atoms with E-state index in [0.717, 1.165) is 11.0 Å². The fourth-order valence-electron chi connectivity index (χ4n) is 3.02. The van der Waals surface area contributed by atoms with Crippen LogP contribution in [0.2, 0.25) is 0 Å². The van der Waals surface area contributed by atoms with Gasteiger partial charge in [0.15, 0.2) is 5.78 Å². The standard InChI is InChI=1S/C21H21N3O2/c1-21(2,3)23-13-16-18(25)15-8-4-5-9-17(15)26-20(16)24-12-10-14-7-6-11-22-19(14)24/h4-13,20,23H,1-3H3/b16-13+. The van der Waals surface area contributed by atoms with Gasteiger partial charge in [0, 0.05) is 29.5 Å². The second-order valence-corrected chi connectivity index (χ2v) is 7.43. The van der Waals surface area contributed by atoms with Gasteiger partial charge < -0.3 is 10.1 Å². The minimum atomic E-state index is -0.570. The lowest BCUT2D eigenvalue weighted by molar-refractivity contribution is 0.0900. The highest BCUT2D eigenvalue weighted by molar-refractivity contribution is 6.11. The smallest absolute Gasteiger partial charge is 0.208 e. The largest absolute Gasteiger partial charge is 0.465 e. The molecule has 132 valence electrons. The SMILES string of the molecule is CC(C)(C)N/C=C1\C(=O)c2ccccc2OC1n1ccc2cccnc21. The molecular formula is C21H21N3O2. The third kappa shape index (κ3) is 2.86. The molecule has 0 saturated heterocycles. The van der Waals surface area contributed by atoms with Crippen molar-refractivity contribution in [3.63, 3.8) is 0 Å². The predicted octanol–water partition coefficient (Wildman–Crippen LogP) is 4.08. The average Bonchev–Trinajstić information content (AvgIpc) is 3.04. The van der Waals surface area contributed by atoms with Crippen molar-refractivity contribution in [3.05, 3.63) is 72.2 Å². The molecule has 1 N–H and O–H groups in total. The number of pyridine rings is 1. The number of benzene rings is 1. The van der Waals surface area contributed by atoms with Gasteiger partial charge in [-0.1, -0.05) is 12.1 Å². The molecule has 0 saturated carbocycles. The number of nitrogens with zero attached hydrogens (tertiary/aromatic N) is 2. The van der Waals surface area contributed by atoms with Crippen molar-refractivity contribution in [2.45, 2.75) is 32.5 Å². The lowest BCUT2D eigenvalue weighted by atomic mass is 9.98. The molecule has 1 aromatic carbocycles. The summed E-state index contributed by atoms with van der Waals surface area (Å²) >= 11 is 0. The molecule has 3 aromatic rings. The Bertz CT molecular complexity index is 1010. The number of carbonyl (C=O) groups is 1. The van der Waals surface area contributed by atoms with E-state index in [1.54, 1.807) is 18.5 Å². The van der Waals surface area contributed by atoms with E-state index < -0.39 is 6.23 Å². The highest BCUT2D eigenvalue weighted by Crippen LogP contribution is 2.36. The summed E-state index contributed by atoms with van der Waals surface area (Å²) in [6.07, 6.45) is 4.86. The van der Waals surface area contributed by atoms with Crippen LogP contribution in [-0.2, 0) is 0 Å². The van der Waals surface area contributed by atoms with Crippen LogP contribution in [-0.4, -0.2) is 20.9 Å². The number of nitrogens with one attached hydrogen (secondary N) is 1. The highest BCUT2D eigenvalue weighted by atomic mass is 16.5. The topological polar surface area (TPSA) is 56.1 Å². The van der Waals surface area contributed by atoms with Crippen LogP contribution in [0, 0.1) is 0 Å². The molecule has 2 aromatic heterocycles. The van der Waals surface area contributed by atoms with Crippen molar-refractivity contribution < 1.29 is 9.53 Å². The molecule has 0 bridgehead atoms. The maximum Gasteiger partial charge on any atom is 0.208 e. The van der Waals surface area contributed by atoms with Crippen molar-refractivity contribution >= 4 is 16.8 Å². The second kappa shape index (κ2) is 6.02. The average molecular weight is 347 g/mol. The zero-order valence-electron chi connectivity index (χ0n) is 15.1. The molecule has 0 amide bonds. The first-order valence-corrected chi connectivity index (χ1v) is 8.64. The van der Waals surface area contributed by atoms with Gasteiger partial charge in [-0.25, -0.2) is 4.98 Å². The summed E-state index contributed by atoms with van der Waals surface area (Å²) < 4.78 is 8.13. The Labute approximate surface area is 152 Å². The summed E-state index contributed by atoms with van der Waals surface area (Å²) in [6.45, 7) is 6.15. The number of Topliss-reactive ketones (excluding diaryl/α,β-unsaturated/α-hetero) is 1. The molecule has 5 nitrogen and oxygen atoms in total. The lowest BCUT2D eigenvalue weighted by Crippen LogP contribution is -2.35. The molecule has 26 heavy (non-hydrogen) atoms. The molecule has 1 unspecified atom stereocenters. The molecule has 3 heterocycles. The van der Waals surface area contributed by atoms with E-state index in [1.165, 1.54) is 0 Å². The van der Waals surface area contributed by atoms with Crippen LogP contribution < -0.4 is 10.1 Å². The van der Waals surface area contributed by atoms with E-state index in [0.29, 0.717) is 16.9 Å². The molecule has 1 aliphatic heterocycles. The van der Waals surface area contributed by atoms with Gasteiger partial charge in [0.2, 0.25) is 6.23 Å². The number of ether oxygens (including phenoxy) is 1. The third-order valence-corrected chi connectivity index (χ3v) is 4.29. The maximum atomic E-state index is 13.2. The molecule has 0 fully saturated rings. The Morgan fingerprint density at radius 2 is 1.96 bits per heavy atom. The van der Waals surface area contributed by atoms with Crippen molar-refractivity contribution in [2.24, 2.45) is 0 Å². The minimum Gasteiger partial charge on any atom is -0.465 e. The number of para-hydroxylation sites is 1. The monoisotopic (exact) mass is 347 g/mol. The second-order valence-electron chi connectivity index (χ2n) is 7.43. The molecule has 1 atom stereocenters. The molecule has 4 rings (SSSR count). The Hall–Kier alpha value is -3.08. The summed E-state index contributed by atoms with van der Waals surface area (Å²) in [7, 11) is 0. The number of fused-ring (bicyclic) bond motifs is 2. The Balaban J connectivity index is 1.86. The van der Waals surface area contributed by atoms with Crippen LogP contribution in [0.1, 0.15) is 37.4 Å². The first-order chi connectivity index (χ1) is 12.4.